The second-order valence-electron chi connectivity index (χ2n) is 4.49. The van der Waals surface area contributed by atoms with E-state index in [1.807, 2.05) is 62.4 Å². The van der Waals surface area contributed by atoms with E-state index < -0.39 is 0 Å². The summed E-state index contributed by atoms with van der Waals surface area (Å²) in [5.74, 6) is 1.69. The summed E-state index contributed by atoms with van der Waals surface area (Å²) in [6, 6.07) is 15.3. The van der Waals surface area contributed by atoms with Crippen LogP contribution in [0, 0.1) is 0 Å². The van der Waals surface area contributed by atoms with Crippen molar-refractivity contribution in [3.63, 3.8) is 0 Å². The van der Waals surface area contributed by atoms with Crippen LogP contribution >= 0.6 is 12.2 Å². The Kier molecular flexibility index (Phi) is 8.87. The molecular weight excluding hydrogens is 411 g/mol. The molecule has 2 N–H and O–H groups in total. The molecule has 0 atom stereocenters. The maximum absolute atomic E-state index is 5.40. The second kappa shape index (κ2) is 10.4. The molecule has 2 aromatic carbocycles. The van der Waals surface area contributed by atoms with Crippen LogP contribution in [0.4, 0.5) is 11.4 Å². The third kappa shape index (κ3) is 6.71. The molecule has 0 aliphatic rings. The van der Waals surface area contributed by atoms with E-state index in [4.69, 9.17) is 21.7 Å². The van der Waals surface area contributed by atoms with Crippen LogP contribution in [0.15, 0.2) is 48.5 Å². The van der Waals surface area contributed by atoms with Gasteiger partial charge in [-0.1, -0.05) is 0 Å². The molecular formula is C17H23InN2O2S. The molecule has 0 aliphatic carbocycles. The van der Waals surface area contributed by atoms with Crippen molar-refractivity contribution < 1.29 is 9.47 Å². The summed E-state index contributed by atoms with van der Waals surface area (Å²) in [6.45, 7) is 5.24. The van der Waals surface area contributed by atoms with Crippen molar-refractivity contribution in [2.45, 2.75) is 13.8 Å². The summed E-state index contributed by atoms with van der Waals surface area (Å²) in [7, 11) is 0. The Morgan fingerprint density at radius 1 is 0.783 bits per heavy atom. The van der Waals surface area contributed by atoms with Gasteiger partial charge in [-0.15, -0.1) is 0 Å². The normalized spacial score (nSPS) is 9.48. The van der Waals surface area contributed by atoms with Gasteiger partial charge < -0.3 is 20.1 Å². The number of rotatable bonds is 6. The van der Waals surface area contributed by atoms with Gasteiger partial charge in [0.05, 0.1) is 13.2 Å². The molecule has 0 saturated carbocycles. The molecule has 0 unspecified atom stereocenters. The molecule has 0 saturated heterocycles. The third-order valence-electron chi connectivity index (χ3n) is 2.85. The number of thiocarbonyl (C=S) groups is 1. The van der Waals surface area contributed by atoms with Crippen LogP contribution in [-0.2, 0) is 0 Å². The van der Waals surface area contributed by atoms with Crippen LogP contribution < -0.4 is 20.1 Å². The van der Waals surface area contributed by atoms with Crippen LogP contribution in [0.1, 0.15) is 13.8 Å². The Labute approximate surface area is 161 Å². The van der Waals surface area contributed by atoms with Crippen LogP contribution in [-0.4, -0.2) is 44.2 Å². The monoisotopic (exact) mass is 434 g/mol. The summed E-state index contributed by atoms with van der Waals surface area (Å²) in [5.41, 5.74) is 1.82. The Bertz CT molecular complexity index is 549. The van der Waals surface area contributed by atoms with E-state index in [0.29, 0.717) is 18.3 Å². The molecule has 0 radical (unpaired) electrons. The fourth-order valence-electron chi connectivity index (χ4n) is 1.90. The van der Waals surface area contributed by atoms with Gasteiger partial charge in [-0.3, -0.25) is 0 Å². The van der Waals surface area contributed by atoms with Crippen molar-refractivity contribution in [2.24, 2.45) is 0 Å². The quantitative estimate of drug-likeness (QED) is 0.685. The number of hydrogen-bond acceptors (Lipinski definition) is 3. The van der Waals surface area contributed by atoms with Crippen LogP contribution in [0.3, 0.4) is 0 Å². The molecule has 2 aromatic rings. The van der Waals surface area contributed by atoms with E-state index in [2.05, 4.69) is 10.6 Å². The van der Waals surface area contributed by atoms with Gasteiger partial charge in [0.25, 0.3) is 0 Å². The van der Waals surface area contributed by atoms with Gasteiger partial charge >= 0.3 is 25.8 Å². The van der Waals surface area contributed by atoms with Crippen molar-refractivity contribution in [3.05, 3.63) is 48.5 Å². The summed E-state index contributed by atoms with van der Waals surface area (Å²) in [6.07, 6.45) is 0. The Morgan fingerprint density at radius 3 is 1.43 bits per heavy atom. The van der Waals surface area contributed by atoms with E-state index in [9.17, 15) is 0 Å². The van der Waals surface area contributed by atoms with E-state index in [1.165, 1.54) is 0 Å². The van der Waals surface area contributed by atoms with Crippen LogP contribution in [0.2, 0.25) is 0 Å². The number of benzene rings is 2. The van der Waals surface area contributed by atoms with E-state index in [1.54, 1.807) is 0 Å². The molecule has 0 aliphatic heterocycles. The molecule has 0 heterocycles. The molecule has 0 amide bonds. The Hall–Kier alpha value is -1.40. The van der Waals surface area contributed by atoms with E-state index in [-0.39, 0.29) is 25.8 Å². The van der Waals surface area contributed by atoms with Gasteiger partial charge in [0.2, 0.25) is 0 Å². The SMILES string of the molecule is CCOc1ccc(NC(=S)Nc2ccc(OCC)cc2)cc1.[InH3]. The average molecular weight is 434 g/mol. The van der Waals surface area contributed by atoms with Crippen molar-refractivity contribution in [3.8, 4) is 11.5 Å². The molecule has 0 fully saturated rings. The predicted octanol–water partition coefficient (Wildman–Crippen LogP) is 3.11. The van der Waals surface area contributed by atoms with Gasteiger partial charge in [-0.05, 0) is 74.6 Å². The fourth-order valence-corrected chi connectivity index (χ4v) is 2.13. The number of hydrogen-bond donors (Lipinski definition) is 2. The van der Waals surface area contributed by atoms with Crippen LogP contribution in [0.25, 0.3) is 0 Å². The topological polar surface area (TPSA) is 42.5 Å². The molecule has 6 heteroatoms. The molecule has 2 rings (SSSR count). The third-order valence-corrected chi connectivity index (χ3v) is 3.05. The van der Waals surface area contributed by atoms with Crippen molar-refractivity contribution in [2.75, 3.05) is 23.8 Å². The molecule has 0 spiro atoms. The van der Waals surface area contributed by atoms with Gasteiger partial charge in [-0.25, -0.2) is 0 Å². The van der Waals surface area contributed by atoms with Gasteiger partial charge in [0.1, 0.15) is 11.5 Å². The molecule has 0 bridgehead atoms. The molecule has 0 aromatic heterocycles. The first-order chi connectivity index (χ1) is 10.7. The van der Waals surface area contributed by atoms with Crippen molar-refractivity contribution in [1.29, 1.82) is 0 Å². The second-order valence-corrected chi connectivity index (χ2v) is 4.90. The van der Waals surface area contributed by atoms with E-state index in [0.717, 1.165) is 22.9 Å². The first-order valence-electron chi connectivity index (χ1n) is 7.25. The zero-order valence-corrected chi connectivity index (χ0v) is 13.6. The Morgan fingerprint density at radius 2 is 1.13 bits per heavy atom. The zero-order chi connectivity index (χ0) is 15.8. The van der Waals surface area contributed by atoms with Crippen molar-refractivity contribution >= 4 is 54.5 Å². The zero-order valence-electron chi connectivity index (χ0n) is 12.8. The minimum atomic E-state index is 0. The van der Waals surface area contributed by atoms with Crippen molar-refractivity contribution in [1.82, 2.24) is 0 Å². The summed E-state index contributed by atoms with van der Waals surface area (Å²) in [4.78, 5) is 0. The fraction of sp³-hybridized carbons (Fsp3) is 0.235. The molecule has 23 heavy (non-hydrogen) atoms. The first kappa shape index (κ1) is 19.6. The number of ether oxygens (including phenoxy) is 2. The Balaban J connectivity index is 0.00000264. The summed E-state index contributed by atoms with van der Waals surface area (Å²) in [5, 5.41) is 6.80. The van der Waals surface area contributed by atoms with Gasteiger partial charge in [0.15, 0.2) is 5.11 Å². The minimum absolute atomic E-state index is 0. The number of nitrogens with one attached hydrogen (secondary N) is 2. The first-order valence-corrected chi connectivity index (χ1v) is 7.65. The van der Waals surface area contributed by atoms with Crippen LogP contribution in [0.5, 0.6) is 11.5 Å². The van der Waals surface area contributed by atoms with Gasteiger partial charge in [-0.2, -0.15) is 0 Å². The van der Waals surface area contributed by atoms with Gasteiger partial charge in [0, 0.05) is 11.4 Å². The average Bonchev–Trinajstić information content (AvgIpc) is 2.52. The molecule has 122 valence electrons. The predicted molar refractivity (Wildman–Crippen MR) is 105 cm³/mol. The molecule has 4 nitrogen and oxygen atoms in total. The van der Waals surface area contributed by atoms with E-state index >= 15 is 0 Å². The maximum atomic E-state index is 5.40. The summed E-state index contributed by atoms with van der Waals surface area (Å²) >= 11 is 5.30. The standard InChI is InChI=1S/C17H20N2O2S.In.3H/c1-3-20-15-9-5-13(6-10-15)18-17(22)19-14-7-11-16(12-8-14)21-4-2;;;;/h5-12H,3-4H2,1-2H3,(H2,18,19,22);;;;. The summed E-state index contributed by atoms with van der Waals surface area (Å²) < 4.78 is 10.8. The number of anilines is 2.